The predicted molar refractivity (Wildman–Crippen MR) is 93.1 cm³/mol. The van der Waals surface area contributed by atoms with Crippen LogP contribution in [0.4, 0.5) is 0 Å². The van der Waals surface area contributed by atoms with E-state index in [1.54, 1.807) is 16.2 Å². The molecule has 0 aromatic carbocycles. The maximum atomic E-state index is 12.4. The van der Waals surface area contributed by atoms with Crippen LogP contribution in [-0.2, 0) is 4.79 Å². The summed E-state index contributed by atoms with van der Waals surface area (Å²) in [6, 6.07) is 2.07. The van der Waals surface area contributed by atoms with Crippen LogP contribution >= 0.6 is 35.3 Å². The first-order valence-corrected chi connectivity index (χ1v) is 9.03. The molecule has 2 heterocycles. The SMILES string of the molecule is CCCCCCN1C(=O)C(=Cc2sccc2C)SC1=S. The fourth-order valence-electron chi connectivity index (χ4n) is 2.04. The second-order valence-electron chi connectivity index (χ2n) is 4.86. The molecule has 20 heavy (non-hydrogen) atoms. The minimum atomic E-state index is 0.0734. The van der Waals surface area contributed by atoms with Gasteiger partial charge < -0.3 is 0 Å². The van der Waals surface area contributed by atoms with E-state index < -0.39 is 0 Å². The van der Waals surface area contributed by atoms with Crippen molar-refractivity contribution < 1.29 is 4.79 Å². The van der Waals surface area contributed by atoms with Crippen LogP contribution in [0.1, 0.15) is 43.0 Å². The molecule has 1 saturated heterocycles. The molecule has 0 unspecified atom stereocenters. The van der Waals surface area contributed by atoms with E-state index in [1.807, 2.05) is 11.5 Å². The van der Waals surface area contributed by atoms with Gasteiger partial charge in [-0.2, -0.15) is 0 Å². The van der Waals surface area contributed by atoms with Crippen LogP contribution in [-0.4, -0.2) is 21.7 Å². The Balaban J connectivity index is 2.01. The van der Waals surface area contributed by atoms with Crippen LogP contribution in [0.2, 0.25) is 0 Å². The minimum absolute atomic E-state index is 0.0734. The number of unbranched alkanes of at least 4 members (excludes halogenated alkanes) is 3. The van der Waals surface area contributed by atoms with Crippen LogP contribution in [0.25, 0.3) is 6.08 Å². The normalized spacial score (nSPS) is 17.5. The van der Waals surface area contributed by atoms with E-state index in [2.05, 4.69) is 19.9 Å². The van der Waals surface area contributed by atoms with Gasteiger partial charge in [-0.25, -0.2) is 0 Å². The number of thiophene rings is 1. The molecule has 0 aliphatic carbocycles. The summed E-state index contributed by atoms with van der Waals surface area (Å²) in [6.45, 7) is 5.00. The van der Waals surface area contributed by atoms with E-state index in [0.29, 0.717) is 4.32 Å². The fraction of sp³-hybridized carbons (Fsp3) is 0.467. The maximum Gasteiger partial charge on any atom is 0.266 e. The van der Waals surface area contributed by atoms with Crippen LogP contribution in [0.3, 0.4) is 0 Å². The fourth-order valence-corrected chi connectivity index (χ4v) is 4.26. The first kappa shape index (κ1) is 15.7. The van der Waals surface area contributed by atoms with Crippen molar-refractivity contribution >= 4 is 51.6 Å². The number of thioether (sulfide) groups is 1. The molecule has 0 radical (unpaired) electrons. The summed E-state index contributed by atoms with van der Waals surface area (Å²) < 4.78 is 0.701. The number of carbonyl (C=O) groups excluding carboxylic acids is 1. The molecule has 0 saturated carbocycles. The number of hydrogen-bond donors (Lipinski definition) is 0. The topological polar surface area (TPSA) is 20.3 Å². The number of carbonyl (C=O) groups is 1. The van der Waals surface area contributed by atoms with E-state index in [-0.39, 0.29) is 5.91 Å². The number of nitrogens with zero attached hydrogens (tertiary/aromatic N) is 1. The van der Waals surface area contributed by atoms with Crippen molar-refractivity contribution in [3.63, 3.8) is 0 Å². The van der Waals surface area contributed by atoms with Crippen LogP contribution in [0.5, 0.6) is 0 Å². The van der Waals surface area contributed by atoms with Gasteiger partial charge in [-0.3, -0.25) is 9.69 Å². The molecule has 5 heteroatoms. The van der Waals surface area contributed by atoms with Crippen molar-refractivity contribution in [1.29, 1.82) is 0 Å². The molecule has 2 rings (SSSR count). The Kier molecular flexibility index (Phi) is 5.81. The molecule has 0 spiro atoms. The zero-order valence-electron chi connectivity index (χ0n) is 11.8. The van der Waals surface area contributed by atoms with Gasteiger partial charge in [0.1, 0.15) is 4.32 Å². The highest BCUT2D eigenvalue weighted by Gasteiger charge is 2.31. The summed E-state index contributed by atoms with van der Waals surface area (Å²) in [5.41, 5.74) is 1.21. The van der Waals surface area contributed by atoms with Crippen molar-refractivity contribution in [1.82, 2.24) is 4.90 Å². The number of hydrogen-bond acceptors (Lipinski definition) is 4. The Morgan fingerprint density at radius 1 is 1.35 bits per heavy atom. The van der Waals surface area contributed by atoms with Crippen LogP contribution in [0.15, 0.2) is 16.4 Å². The number of aryl methyl sites for hydroxylation is 1. The number of rotatable bonds is 6. The second kappa shape index (κ2) is 7.38. The number of thiocarbonyl (C=S) groups is 1. The largest absolute Gasteiger partial charge is 0.293 e. The first-order valence-electron chi connectivity index (χ1n) is 6.93. The predicted octanol–water partition coefficient (Wildman–Crippen LogP) is 4.84. The molecule has 1 aromatic heterocycles. The molecule has 1 amide bonds. The van der Waals surface area contributed by atoms with Crippen molar-refractivity contribution in [3.05, 3.63) is 26.8 Å². The standard InChI is InChI=1S/C15H19NOS3/c1-3-4-5-6-8-16-14(17)13(20-15(16)18)10-12-11(2)7-9-19-12/h7,9-10H,3-6,8H2,1-2H3. The smallest absolute Gasteiger partial charge is 0.266 e. The lowest BCUT2D eigenvalue weighted by Crippen LogP contribution is -2.28. The summed E-state index contributed by atoms with van der Waals surface area (Å²) in [5.74, 6) is 0.0734. The van der Waals surface area contributed by atoms with E-state index in [4.69, 9.17) is 12.2 Å². The van der Waals surface area contributed by atoms with Gasteiger partial charge in [0.25, 0.3) is 5.91 Å². The van der Waals surface area contributed by atoms with Gasteiger partial charge in [0.05, 0.1) is 4.91 Å². The van der Waals surface area contributed by atoms with Crippen LogP contribution < -0.4 is 0 Å². The van der Waals surface area contributed by atoms with Crippen molar-refractivity contribution in [2.75, 3.05) is 6.54 Å². The number of amides is 1. The van der Waals surface area contributed by atoms with Crippen molar-refractivity contribution in [2.45, 2.75) is 39.5 Å². The van der Waals surface area contributed by atoms with Gasteiger partial charge in [-0.1, -0.05) is 50.2 Å². The third-order valence-corrected chi connectivity index (χ3v) is 5.62. The Bertz CT molecular complexity index is 533. The minimum Gasteiger partial charge on any atom is -0.293 e. The van der Waals surface area contributed by atoms with E-state index >= 15 is 0 Å². The third kappa shape index (κ3) is 3.71. The average molecular weight is 326 g/mol. The molecule has 1 aromatic rings. The van der Waals surface area contributed by atoms with Gasteiger partial charge >= 0.3 is 0 Å². The summed E-state index contributed by atoms with van der Waals surface area (Å²) in [7, 11) is 0. The molecule has 1 aliphatic rings. The molecule has 1 aliphatic heterocycles. The van der Waals surface area contributed by atoms with Gasteiger partial charge in [-0.05, 0) is 36.4 Å². The lowest BCUT2D eigenvalue weighted by atomic mass is 10.2. The molecule has 1 fully saturated rings. The Morgan fingerprint density at radius 3 is 2.80 bits per heavy atom. The molecular weight excluding hydrogens is 306 g/mol. The van der Waals surface area contributed by atoms with Gasteiger partial charge in [0, 0.05) is 11.4 Å². The average Bonchev–Trinajstić information content (AvgIpc) is 2.93. The highest BCUT2D eigenvalue weighted by atomic mass is 32.2. The zero-order chi connectivity index (χ0) is 14.5. The Labute approximate surface area is 134 Å². The van der Waals surface area contributed by atoms with Gasteiger partial charge in [-0.15, -0.1) is 11.3 Å². The lowest BCUT2D eigenvalue weighted by molar-refractivity contribution is -0.122. The van der Waals surface area contributed by atoms with E-state index in [0.717, 1.165) is 29.2 Å². The molecule has 0 atom stereocenters. The van der Waals surface area contributed by atoms with E-state index in [9.17, 15) is 4.79 Å². The summed E-state index contributed by atoms with van der Waals surface area (Å²) in [4.78, 5) is 16.0. The summed E-state index contributed by atoms with van der Waals surface area (Å²) >= 11 is 8.42. The summed E-state index contributed by atoms with van der Waals surface area (Å²) in [5, 5.41) is 2.05. The monoisotopic (exact) mass is 325 g/mol. The van der Waals surface area contributed by atoms with Crippen molar-refractivity contribution in [2.24, 2.45) is 0 Å². The molecule has 108 valence electrons. The lowest BCUT2D eigenvalue weighted by Gasteiger charge is -2.13. The quantitative estimate of drug-likeness (QED) is 0.424. The van der Waals surface area contributed by atoms with Gasteiger partial charge in [0.2, 0.25) is 0 Å². The molecule has 0 N–H and O–H groups in total. The Hall–Kier alpha value is -0.650. The zero-order valence-corrected chi connectivity index (χ0v) is 14.3. The Morgan fingerprint density at radius 2 is 2.15 bits per heavy atom. The molecule has 0 bridgehead atoms. The van der Waals surface area contributed by atoms with Crippen molar-refractivity contribution in [3.8, 4) is 0 Å². The highest BCUT2D eigenvalue weighted by molar-refractivity contribution is 8.26. The van der Waals surface area contributed by atoms with Crippen LogP contribution in [0, 0.1) is 6.92 Å². The summed E-state index contributed by atoms with van der Waals surface area (Å²) in [6.07, 6.45) is 6.60. The second-order valence-corrected chi connectivity index (χ2v) is 7.49. The molecule has 2 nitrogen and oxygen atoms in total. The first-order chi connectivity index (χ1) is 9.63. The highest BCUT2D eigenvalue weighted by Crippen LogP contribution is 2.34. The van der Waals surface area contributed by atoms with Gasteiger partial charge in [0.15, 0.2) is 0 Å². The molecular formula is C15H19NOS3. The maximum absolute atomic E-state index is 12.4. The van der Waals surface area contributed by atoms with E-state index in [1.165, 1.54) is 30.2 Å². The third-order valence-electron chi connectivity index (χ3n) is 3.27.